The lowest BCUT2D eigenvalue weighted by Crippen LogP contribution is -2.33. The lowest BCUT2D eigenvalue weighted by molar-refractivity contribution is -0.132. The standard InChI is InChI=1S/C20H24ClNO5/c1-22(19(23)13-27-16-7-5-15(21)6-8-16)10-9-14-11-17(24-2)20(26-4)18(12-14)25-3/h5-8,11-12H,9-10,13H2,1-4H3. The molecule has 0 spiro atoms. The van der Waals surface area contributed by atoms with Gasteiger partial charge in [-0.25, -0.2) is 0 Å². The average Bonchev–Trinajstić information content (AvgIpc) is 2.70. The van der Waals surface area contributed by atoms with E-state index in [2.05, 4.69) is 0 Å². The van der Waals surface area contributed by atoms with E-state index < -0.39 is 0 Å². The number of nitrogens with zero attached hydrogens (tertiary/aromatic N) is 1. The van der Waals surface area contributed by atoms with Crippen molar-refractivity contribution in [2.24, 2.45) is 0 Å². The summed E-state index contributed by atoms with van der Waals surface area (Å²) in [5, 5.41) is 0.621. The highest BCUT2D eigenvalue weighted by Crippen LogP contribution is 2.38. The first-order valence-electron chi connectivity index (χ1n) is 8.39. The van der Waals surface area contributed by atoms with E-state index in [0.29, 0.717) is 41.0 Å². The van der Waals surface area contributed by atoms with Gasteiger partial charge in [-0.05, 0) is 48.4 Å². The van der Waals surface area contributed by atoms with Crippen LogP contribution in [0, 0.1) is 0 Å². The number of methoxy groups -OCH3 is 3. The normalized spacial score (nSPS) is 10.3. The van der Waals surface area contributed by atoms with Crippen molar-refractivity contribution in [1.29, 1.82) is 0 Å². The molecule has 0 N–H and O–H groups in total. The number of carbonyl (C=O) groups excluding carboxylic acids is 1. The quantitative estimate of drug-likeness (QED) is 0.653. The van der Waals surface area contributed by atoms with E-state index in [1.165, 1.54) is 0 Å². The fourth-order valence-electron chi connectivity index (χ4n) is 2.49. The zero-order valence-electron chi connectivity index (χ0n) is 16.0. The molecule has 0 atom stereocenters. The van der Waals surface area contributed by atoms with Crippen LogP contribution in [0.2, 0.25) is 5.02 Å². The summed E-state index contributed by atoms with van der Waals surface area (Å²) in [6.45, 7) is 0.495. The Morgan fingerprint density at radius 2 is 1.59 bits per heavy atom. The third-order valence-corrected chi connectivity index (χ3v) is 4.31. The average molecular weight is 394 g/mol. The topological polar surface area (TPSA) is 57.2 Å². The van der Waals surface area contributed by atoms with Gasteiger partial charge in [0.2, 0.25) is 5.75 Å². The lowest BCUT2D eigenvalue weighted by atomic mass is 10.1. The Balaban J connectivity index is 1.93. The molecule has 0 aliphatic rings. The maximum absolute atomic E-state index is 12.3. The fourth-order valence-corrected chi connectivity index (χ4v) is 2.61. The van der Waals surface area contributed by atoms with Crippen LogP contribution in [0.4, 0.5) is 0 Å². The molecule has 0 radical (unpaired) electrons. The number of benzene rings is 2. The van der Waals surface area contributed by atoms with E-state index in [1.807, 2.05) is 12.1 Å². The molecule has 0 bridgehead atoms. The highest BCUT2D eigenvalue weighted by Gasteiger charge is 2.15. The number of rotatable bonds is 9. The van der Waals surface area contributed by atoms with E-state index in [9.17, 15) is 4.79 Å². The van der Waals surface area contributed by atoms with Crippen molar-refractivity contribution in [3.63, 3.8) is 0 Å². The van der Waals surface area contributed by atoms with Crippen LogP contribution >= 0.6 is 11.6 Å². The predicted molar refractivity (Wildman–Crippen MR) is 104 cm³/mol. The van der Waals surface area contributed by atoms with Crippen molar-refractivity contribution in [3.8, 4) is 23.0 Å². The second kappa shape index (κ2) is 9.92. The Kier molecular flexibility index (Phi) is 7.61. The molecule has 2 aromatic carbocycles. The van der Waals surface area contributed by atoms with Crippen LogP contribution in [-0.4, -0.2) is 52.3 Å². The number of hydrogen-bond donors (Lipinski definition) is 0. The van der Waals surface area contributed by atoms with Crippen LogP contribution < -0.4 is 18.9 Å². The minimum atomic E-state index is -0.114. The van der Waals surface area contributed by atoms with E-state index >= 15 is 0 Å². The van der Waals surface area contributed by atoms with Crippen LogP contribution in [0.25, 0.3) is 0 Å². The Morgan fingerprint density at radius 1 is 1.00 bits per heavy atom. The van der Waals surface area contributed by atoms with Gasteiger partial charge in [-0.2, -0.15) is 0 Å². The van der Waals surface area contributed by atoms with Gasteiger partial charge in [0.05, 0.1) is 21.3 Å². The third-order valence-electron chi connectivity index (χ3n) is 4.06. The van der Waals surface area contributed by atoms with E-state index in [-0.39, 0.29) is 12.5 Å². The first-order chi connectivity index (χ1) is 13.0. The molecular formula is C20H24ClNO5. The highest BCUT2D eigenvalue weighted by atomic mass is 35.5. The monoisotopic (exact) mass is 393 g/mol. The molecule has 2 rings (SSSR count). The smallest absolute Gasteiger partial charge is 0.260 e. The van der Waals surface area contributed by atoms with Gasteiger partial charge in [-0.1, -0.05) is 11.6 Å². The molecule has 27 heavy (non-hydrogen) atoms. The highest BCUT2D eigenvalue weighted by molar-refractivity contribution is 6.30. The third kappa shape index (κ3) is 5.69. The van der Waals surface area contributed by atoms with Crippen LogP contribution in [0.15, 0.2) is 36.4 Å². The fraction of sp³-hybridized carbons (Fsp3) is 0.350. The molecule has 7 heteroatoms. The van der Waals surface area contributed by atoms with Crippen LogP contribution in [0.5, 0.6) is 23.0 Å². The van der Waals surface area contributed by atoms with Crippen LogP contribution in [0.3, 0.4) is 0 Å². The number of amides is 1. The van der Waals surface area contributed by atoms with Gasteiger partial charge in [0.15, 0.2) is 18.1 Å². The van der Waals surface area contributed by atoms with Crippen molar-refractivity contribution in [2.45, 2.75) is 6.42 Å². The van der Waals surface area contributed by atoms with E-state index in [1.54, 1.807) is 57.5 Å². The number of carbonyl (C=O) groups is 1. The molecule has 0 saturated carbocycles. The molecule has 146 valence electrons. The van der Waals surface area contributed by atoms with Crippen LogP contribution in [0.1, 0.15) is 5.56 Å². The van der Waals surface area contributed by atoms with Crippen molar-refractivity contribution in [3.05, 3.63) is 47.0 Å². The molecule has 0 aromatic heterocycles. The summed E-state index contributed by atoms with van der Waals surface area (Å²) in [7, 11) is 6.45. The first-order valence-corrected chi connectivity index (χ1v) is 8.77. The largest absolute Gasteiger partial charge is 0.493 e. The van der Waals surface area contributed by atoms with Gasteiger partial charge in [-0.15, -0.1) is 0 Å². The van der Waals surface area contributed by atoms with Gasteiger partial charge >= 0.3 is 0 Å². The molecular weight excluding hydrogens is 370 g/mol. The van der Waals surface area contributed by atoms with E-state index in [0.717, 1.165) is 5.56 Å². The summed E-state index contributed by atoms with van der Waals surface area (Å²) in [5.41, 5.74) is 0.975. The van der Waals surface area contributed by atoms with Gasteiger partial charge in [0.25, 0.3) is 5.91 Å². The first kappa shape index (κ1) is 20.7. The molecule has 1 amide bonds. The molecule has 2 aromatic rings. The Labute approximate surface area is 164 Å². The zero-order chi connectivity index (χ0) is 19.8. The lowest BCUT2D eigenvalue weighted by Gasteiger charge is -2.19. The zero-order valence-corrected chi connectivity index (χ0v) is 16.7. The van der Waals surface area contributed by atoms with Crippen LogP contribution in [-0.2, 0) is 11.2 Å². The van der Waals surface area contributed by atoms with Crippen molar-refractivity contribution >= 4 is 17.5 Å². The van der Waals surface area contributed by atoms with E-state index in [4.69, 9.17) is 30.5 Å². The Morgan fingerprint density at radius 3 is 2.11 bits per heavy atom. The molecule has 6 nitrogen and oxygen atoms in total. The van der Waals surface area contributed by atoms with Gasteiger partial charge in [0.1, 0.15) is 5.75 Å². The summed E-state index contributed by atoms with van der Waals surface area (Å²) in [5.74, 6) is 2.21. The maximum Gasteiger partial charge on any atom is 0.260 e. The summed E-state index contributed by atoms with van der Waals surface area (Å²) < 4.78 is 21.5. The predicted octanol–water partition coefficient (Wildman–Crippen LogP) is 3.45. The number of likely N-dealkylation sites (N-methyl/N-ethyl adjacent to an activating group) is 1. The minimum Gasteiger partial charge on any atom is -0.493 e. The number of halogens is 1. The SMILES string of the molecule is COc1cc(CCN(C)C(=O)COc2ccc(Cl)cc2)cc(OC)c1OC. The summed E-state index contributed by atoms with van der Waals surface area (Å²) in [4.78, 5) is 13.9. The summed E-state index contributed by atoms with van der Waals surface area (Å²) in [6, 6.07) is 10.6. The molecule has 0 heterocycles. The number of hydrogen-bond acceptors (Lipinski definition) is 5. The van der Waals surface area contributed by atoms with Crippen molar-refractivity contribution in [1.82, 2.24) is 4.90 Å². The molecule has 0 unspecified atom stereocenters. The maximum atomic E-state index is 12.3. The molecule has 0 aliphatic heterocycles. The van der Waals surface area contributed by atoms with Crippen molar-refractivity contribution < 1.29 is 23.7 Å². The van der Waals surface area contributed by atoms with Crippen molar-refractivity contribution in [2.75, 3.05) is 41.5 Å². The second-order valence-electron chi connectivity index (χ2n) is 5.84. The summed E-state index contributed by atoms with van der Waals surface area (Å²) in [6.07, 6.45) is 0.639. The van der Waals surface area contributed by atoms with Gasteiger partial charge < -0.3 is 23.8 Å². The molecule has 0 saturated heterocycles. The second-order valence-corrected chi connectivity index (χ2v) is 6.28. The molecule has 0 fully saturated rings. The van der Waals surface area contributed by atoms with Gasteiger partial charge in [0, 0.05) is 18.6 Å². The minimum absolute atomic E-state index is 0.0343. The Hall–Kier alpha value is -2.60. The molecule has 0 aliphatic carbocycles. The van der Waals surface area contributed by atoms with Gasteiger partial charge in [-0.3, -0.25) is 4.79 Å². The number of ether oxygens (including phenoxy) is 4. The summed E-state index contributed by atoms with van der Waals surface area (Å²) >= 11 is 5.83. The Bertz CT molecular complexity index is 738.